The molecule has 0 amide bonds. The third kappa shape index (κ3) is 4.89. The predicted octanol–water partition coefficient (Wildman–Crippen LogP) is 7.68. The Morgan fingerprint density at radius 1 is 0.794 bits per heavy atom. The van der Waals surface area contributed by atoms with Gasteiger partial charge in [0.1, 0.15) is 23.3 Å². The normalized spacial score (nSPS) is 17.2. The lowest BCUT2D eigenvalue weighted by Gasteiger charge is -2.28. The monoisotopic (exact) mass is 488 g/mol. The van der Waals surface area contributed by atoms with Gasteiger partial charge in [0.15, 0.2) is 0 Å². The van der Waals surface area contributed by atoms with E-state index in [1.807, 2.05) is 84.9 Å². The van der Waals surface area contributed by atoms with E-state index in [2.05, 4.69) is 5.32 Å². The number of aliphatic imine (C=N–C) groups is 1. The van der Waals surface area contributed by atoms with Crippen molar-refractivity contribution in [3.63, 3.8) is 0 Å². The molecule has 34 heavy (non-hydrogen) atoms. The van der Waals surface area contributed by atoms with E-state index in [1.54, 1.807) is 12.1 Å². The number of phenolic OH excluding ortho intramolecular Hbond substituents is 1. The SMILES string of the molecule is Oc1ccc(C2=Nc3ccccc3OC(c3ccc(Cl)cc3)C2CNc2ccc(Cl)cc2)cc1. The molecule has 0 aliphatic carbocycles. The number of hydrogen-bond donors (Lipinski definition) is 2. The molecule has 5 rings (SSSR count). The number of phenols is 1. The number of aromatic hydroxyl groups is 1. The van der Waals surface area contributed by atoms with Crippen molar-refractivity contribution in [2.75, 3.05) is 11.9 Å². The smallest absolute Gasteiger partial charge is 0.145 e. The molecule has 0 aromatic heterocycles. The molecular weight excluding hydrogens is 467 g/mol. The van der Waals surface area contributed by atoms with E-state index in [0.717, 1.165) is 28.2 Å². The van der Waals surface area contributed by atoms with Crippen LogP contribution in [0, 0.1) is 5.92 Å². The van der Waals surface area contributed by atoms with E-state index in [-0.39, 0.29) is 17.8 Å². The molecule has 0 fully saturated rings. The number of anilines is 1. The number of rotatable bonds is 5. The van der Waals surface area contributed by atoms with E-state index in [1.165, 1.54) is 0 Å². The Labute approximate surface area is 208 Å². The second kappa shape index (κ2) is 9.80. The van der Waals surface area contributed by atoms with Crippen molar-refractivity contribution in [2.45, 2.75) is 6.10 Å². The summed E-state index contributed by atoms with van der Waals surface area (Å²) in [7, 11) is 0. The van der Waals surface area contributed by atoms with E-state index in [4.69, 9.17) is 32.9 Å². The maximum absolute atomic E-state index is 9.86. The Balaban J connectivity index is 1.61. The summed E-state index contributed by atoms with van der Waals surface area (Å²) >= 11 is 12.2. The molecule has 0 radical (unpaired) electrons. The Kier molecular flexibility index (Phi) is 6.43. The molecule has 2 atom stereocenters. The molecular formula is C28H22Cl2N2O2. The molecule has 2 unspecified atom stereocenters. The van der Waals surface area contributed by atoms with Gasteiger partial charge in [-0.15, -0.1) is 0 Å². The quantitative estimate of drug-likeness (QED) is 0.302. The van der Waals surface area contributed by atoms with Crippen LogP contribution in [0.5, 0.6) is 11.5 Å². The second-order valence-corrected chi connectivity index (χ2v) is 8.97. The first kappa shape index (κ1) is 22.3. The van der Waals surface area contributed by atoms with Gasteiger partial charge in [0.05, 0.1) is 11.6 Å². The van der Waals surface area contributed by atoms with Crippen LogP contribution in [-0.4, -0.2) is 17.4 Å². The summed E-state index contributed by atoms with van der Waals surface area (Å²) in [6, 6.07) is 30.2. The van der Waals surface area contributed by atoms with Crippen LogP contribution in [-0.2, 0) is 0 Å². The highest BCUT2D eigenvalue weighted by molar-refractivity contribution is 6.30. The van der Waals surface area contributed by atoms with Crippen LogP contribution in [0.4, 0.5) is 11.4 Å². The summed E-state index contributed by atoms with van der Waals surface area (Å²) in [4.78, 5) is 5.06. The molecule has 0 saturated heterocycles. The predicted molar refractivity (Wildman–Crippen MR) is 139 cm³/mol. The number of benzene rings is 4. The molecule has 4 aromatic carbocycles. The topological polar surface area (TPSA) is 53.9 Å². The molecule has 4 nitrogen and oxygen atoms in total. The van der Waals surface area contributed by atoms with Crippen LogP contribution < -0.4 is 10.1 Å². The van der Waals surface area contributed by atoms with Gasteiger partial charge >= 0.3 is 0 Å². The van der Waals surface area contributed by atoms with E-state index < -0.39 is 0 Å². The standard InChI is InChI=1S/C28H22Cl2N2O2/c29-20-9-5-19(6-10-20)28-24(17-31-22-13-11-21(30)12-14-22)27(18-7-15-23(33)16-8-18)32-25-3-1-2-4-26(25)34-28/h1-16,24,28,31,33H,17H2. The van der Waals surface area contributed by atoms with Crippen LogP contribution in [0.1, 0.15) is 17.2 Å². The lowest BCUT2D eigenvalue weighted by Crippen LogP contribution is -2.32. The van der Waals surface area contributed by atoms with Gasteiger partial charge in [-0.2, -0.15) is 0 Å². The largest absolute Gasteiger partial charge is 0.508 e. The van der Waals surface area contributed by atoms with E-state index >= 15 is 0 Å². The fraction of sp³-hybridized carbons (Fsp3) is 0.107. The van der Waals surface area contributed by atoms with Crippen molar-refractivity contribution < 1.29 is 9.84 Å². The van der Waals surface area contributed by atoms with Crippen LogP contribution in [0.3, 0.4) is 0 Å². The highest BCUT2D eigenvalue weighted by Gasteiger charge is 2.33. The first-order valence-electron chi connectivity index (χ1n) is 11.0. The molecule has 1 aliphatic rings. The van der Waals surface area contributed by atoms with Gasteiger partial charge in [0, 0.05) is 22.3 Å². The van der Waals surface area contributed by atoms with E-state index in [9.17, 15) is 5.11 Å². The van der Waals surface area contributed by atoms with Crippen LogP contribution in [0.2, 0.25) is 10.0 Å². The van der Waals surface area contributed by atoms with Crippen LogP contribution in [0.25, 0.3) is 0 Å². The number of halogens is 2. The summed E-state index contributed by atoms with van der Waals surface area (Å²) in [5.41, 5.74) is 4.49. The van der Waals surface area contributed by atoms with Crippen LogP contribution >= 0.6 is 23.2 Å². The fourth-order valence-corrected chi connectivity index (χ4v) is 4.34. The molecule has 1 aliphatic heterocycles. The van der Waals surface area contributed by atoms with Crippen molar-refractivity contribution >= 4 is 40.3 Å². The zero-order valence-corrected chi connectivity index (χ0v) is 19.7. The Morgan fingerprint density at radius 3 is 2.15 bits per heavy atom. The van der Waals surface area contributed by atoms with Gasteiger partial charge in [-0.05, 0) is 83.9 Å². The minimum Gasteiger partial charge on any atom is -0.508 e. The molecule has 0 saturated carbocycles. The second-order valence-electron chi connectivity index (χ2n) is 8.10. The number of nitrogens with zero attached hydrogens (tertiary/aromatic N) is 1. The summed E-state index contributed by atoms with van der Waals surface area (Å²) in [5, 5.41) is 14.7. The summed E-state index contributed by atoms with van der Waals surface area (Å²) in [6.07, 6.45) is -0.326. The first-order chi connectivity index (χ1) is 16.6. The molecule has 1 heterocycles. The van der Waals surface area contributed by atoms with Crippen molar-refractivity contribution in [1.82, 2.24) is 0 Å². The zero-order chi connectivity index (χ0) is 23.5. The van der Waals surface area contributed by atoms with Crippen molar-refractivity contribution in [3.05, 3.63) is 118 Å². The number of hydrogen-bond acceptors (Lipinski definition) is 4. The maximum atomic E-state index is 9.86. The molecule has 4 aromatic rings. The highest BCUT2D eigenvalue weighted by atomic mass is 35.5. The van der Waals surface area contributed by atoms with Gasteiger partial charge in [-0.1, -0.05) is 47.5 Å². The lowest BCUT2D eigenvalue weighted by atomic mass is 9.87. The van der Waals surface area contributed by atoms with Gasteiger partial charge in [0.25, 0.3) is 0 Å². The van der Waals surface area contributed by atoms with Crippen LogP contribution in [0.15, 0.2) is 102 Å². The minimum absolute atomic E-state index is 0.159. The summed E-state index contributed by atoms with van der Waals surface area (Å²) in [5.74, 6) is 0.765. The number of ether oxygens (including phenoxy) is 1. The summed E-state index contributed by atoms with van der Waals surface area (Å²) < 4.78 is 6.61. The van der Waals surface area contributed by atoms with Crippen molar-refractivity contribution in [1.29, 1.82) is 0 Å². The average Bonchev–Trinajstić information content (AvgIpc) is 3.02. The van der Waals surface area contributed by atoms with Gasteiger partial charge in [-0.3, -0.25) is 0 Å². The van der Waals surface area contributed by atoms with Gasteiger partial charge < -0.3 is 15.2 Å². The lowest BCUT2D eigenvalue weighted by molar-refractivity contribution is 0.176. The Hall–Kier alpha value is -3.47. The third-order valence-corrected chi connectivity index (χ3v) is 6.31. The van der Waals surface area contributed by atoms with Gasteiger partial charge in [0.2, 0.25) is 0 Å². The first-order valence-corrected chi connectivity index (χ1v) is 11.7. The zero-order valence-electron chi connectivity index (χ0n) is 18.2. The number of fused-ring (bicyclic) bond motifs is 1. The molecule has 0 bridgehead atoms. The van der Waals surface area contributed by atoms with Crippen molar-refractivity contribution in [2.24, 2.45) is 10.9 Å². The fourth-order valence-electron chi connectivity index (χ4n) is 4.09. The minimum atomic E-state index is -0.326. The molecule has 0 spiro atoms. The van der Waals surface area contributed by atoms with Gasteiger partial charge in [-0.25, -0.2) is 4.99 Å². The van der Waals surface area contributed by atoms with E-state index in [0.29, 0.717) is 22.3 Å². The number of nitrogens with one attached hydrogen (secondary N) is 1. The Bertz CT molecular complexity index is 1300. The van der Waals surface area contributed by atoms with Crippen molar-refractivity contribution in [3.8, 4) is 11.5 Å². The average molecular weight is 489 g/mol. The molecule has 2 N–H and O–H groups in total. The summed E-state index contributed by atoms with van der Waals surface area (Å²) in [6.45, 7) is 0.558. The molecule has 170 valence electrons. The molecule has 6 heteroatoms. The Morgan fingerprint density at radius 2 is 1.44 bits per heavy atom. The maximum Gasteiger partial charge on any atom is 0.145 e. The third-order valence-electron chi connectivity index (χ3n) is 5.81. The number of para-hydroxylation sites is 2. The highest BCUT2D eigenvalue weighted by Crippen LogP contribution is 2.41.